The molecule has 0 spiro atoms. The van der Waals surface area contributed by atoms with E-state index in [1.54, 1.807) is 44.4 Å². The Morgan fingerprint density at radius 2 is 2.06 bits per heavy atom. The SMILES string of the molecule is CC(C)(O)n1nccc1-c1ncccc1CO. The van der Waals surface area contributed by atoms with E-state index in [9.17, 15) is 10.2 Å². The molecule has 5 nitrogen and oxygen atoms in total. The molecule has 2 N–H and O–H groups in total. The van der Waals surface area contributed by atoms with Gasteiger partial charge in [0.25, 0.3) is 0 Å². The van der Waals surface area contributed by atoms with E-state index >= 15 is 0 Å². The highest BCUT2D eigenvalue weighted by molar-refractivity contribution is 5.58. The second-order valence-electron chi connectivity index (χ2n) is 4.29. The van der Waals surface area contributed by atoms with Gasteiger partial charge in [0.2, 0.25) is 0 Å². The molecule has 0 aliphatic carbocycles. The van der Waals surface area contributed by atoms with E-state index in [1.807, 2.05) is 0 Å². The summed E-state index contributed by atoms with van der Waals surface area (Å²) in [6.07, 6.45) is 3.25. The summed E-state index contributed by atoms with van der Waals surface area (Å²) in [6, 6.07) is 5.32. The highest BCUT2D eigenvalue weighted by Crippen LogP contribution is 2.24. The topological polar surface area (TPSA) is 71.2 Å². The molecule has 0 radical (unpaired) electrons. The average Bonchev–Trinajstić information content (AvgIpc) is 2.77. The molecule has 0 unspecified atom stereocenters. The Hall–Kier alpha value is -1.72. The molecule has 0 saturated carbocycles. The van der Waals surface area contributed by atoms with Crippen LogP contribution in [0.4, 0.5) is 0 Å². The summed E-state index contributed by atoms with van der Waals surface area (Å²) in [4.78, 5) is 4.23. The number of aliphatic hydroxyl groups excluding tert-OH is 1. The van der Waals surface area contributed by atoms with E-state index in [4.69, 9.17) is 0 Å². The number of nitrogens with zero attached hydrogens (tertiary/aromatic N) is 3. The van der Waals surface area contributed by atoms with Crippen molar-refractivity contribution in [3.05, 3.63) is 36.2 Å². The lowest BCUT2D eigenvalue weighted by molar-refractivity contribution is -0.00868. The first-order valence-corrected chi connectivity index (χ1v) is 5.36. The molecule has 0 bridgehead atoms. The highest BCUT2D eigenvalue weighted by atomic mass is 16.3. The predicted molar refractivity (Wildman–Crippen MR) is 62.9 cm³/mol. The summed E-state index contributed by atoms with van der Waals surface area (Å²) in [5.41, 5.74) is 0.915. The Morgan fingerprint density at radius 3 is 2.71 bits per heavy atom. The third kappa shape index (κ3) is 2.20. The molecule has 0 aromatic carbocycles. The predicted octanol–water partition coefficient (Wildman–Crippen LogP) is 1.12. The van der Waals surface area contributed by atoms with Gasteiger partial charge in [-0.15, -0.1) is 0 Å². The number of pyridine rings is 1. The van der Waals surface area contributed by atoms with E-state index in [0.717, 1.165) is 0 Å². The Labute approximate surface area is 99.4 Å². The minimum absolute atomic E-state index is 0.0970. The molecule has 2 heterocycles. The molecule has 90 valence electrons. The standard InChI is InChI=1S/C12H15N3O2/c1-12(2,17)15-10(5-7-14-15)11-9(8-16)4-3-6-13-11/h3-7,16-17H,8H2,1-2H3. The van der Waals surface area contributed by atoms with Gasteiger partial charge in [-0.2, -0.15) is 5.10 Å². The maximum Gasteiger partial charge on any atom is 0.152 e. The van der Waals surface area contributed by atoms with Crippen LogP contribution in [0.25, 0.3) is 11.4 Å². The van der Waals surface area contributed by atoms with Gasteiger partial charge in [-0.3, -0.25) is 4.98 Å². The molecule has 0 saturated heterocycles. The third-order valence-electron chi connectivity index (χ3n) is 2.47. The van der Waals surface area contributed by atoms with Crippen LogP contribution in [0.15, 0.2) is 30.6 Å². The number of aromatic nitrogens is 3. The lowest BCUT2D eigenvalue weighted by atomic mass is 10.1. The largest absolute Gasteiger partial charge is 0.392 e. The average molecular weight is 233 g/mol. The van der Waals surface area contributed by atoms with Crippen molar-refractivity contribution in [1.82, 2.24) is 14.8 Å². The smallest absolute Gasteiger partial charge is 0.152 e. The van der Waals surface area contributed by atoms with E-state index in [1.165, 1.54) is 4.68 Å². The maximum atomic E-state index is 9.99. The fourth-order valence-corrected chi connectivity index (χ4v) is 1.72. The lowest BCUT2D eigenvalue weighted by Crippen LogP contribution is -2.27. The van der Waals surface area contributed by atoms with Gasteiger partial charge in [-0.1, -0.05) is 6.07 Å². The van der Waals surface area contributed by atoms with Gasteiger partial charge in [0.15, 0.2) is 5.72 Å². The highest BCUT2D eigenvalue weighted by Gasteiger charge is 2.21. The zero-order chi connectivity index (χ0) is 12.5. The number of aliphatic hydroxyl groups is 2. The number of hydrogen-bond donors (Lipinski definition) is 2. The molecule has 2 aromatic heterocycles. The molecule has 0 fully saturated rings. The summed E-state index contributed by atoms with van der Waals surface area (Å²) in [5.74, 6) is 0. The summed E-state index contributed by atoms with van der Waals surface area (Å²) in [7, 11) is 0. The van der Waals surface area contributed by atoms with E-state index in [2.05, 4.69) is 10.1 Å². The fraction of sp³-hybridized carbons (Fsp3) is 0.333. The number of rotatable bonds is 3. The van der Waals surface area contributed by atoms with Crippen molar-refractivity contribution in [2.24, 2.45) is 0 Å². The summed E-state index contributed by atoms with van der Waals surface area (Å²) >= 11 is 0. The monoisotopic (exact) mass is 233 g/mol. The van der Waals surface area contributed by atoms with E-state index < -0.39 is 5.72 Å². The lowest BCUT2D eigenvalue weighted by Gasteiger charge is -2.21. The van der Waals surface area contributed by atoms with Gasteiger partial charge in [0.05, 0.1) is 18.0 Å². The molecule has 0 amide bonds. The van der Waals surface area contributed by atoms with Crippen molar-refractivity contribution >= 4 is 0 Å². The Morgan fingerprint density at radius 1 is 1.29 bits per heavy atom. The second-order valence-corrected chi connectivity index (χ2v) is 4.29. The van der Waals surface area contributed by atoms with Crippen LogP contribution >= 0.6 is 0 Å². The summed E-state index contributed by atoms with van der Waals surface area (Å²) < 4.78 is 1.48. The van der Waals surface area contributed by atoms with Crippen LogP contribution in [0, 0.1) is 0 Å². The first-order chi connectivity index (χ1) is 8.04. The van der Waals surface area contributed by atoms with Crippen LogP contribution in [0.2, 0.25) is 0 Å². The summed E-state index contributed by atoms with van der Waals surface area (Å²) in [6.45, 7) is 3.19. The van der Waals surface area contributed by atoms with Crippen molar-refractivity contribution < 1.29 is 10.2 Å². The molecule has 5 heteroatoms. The Balaban J connectivity index is 2.58. The van der Waals surface area contributed by atoms with Crippen molar-refractivity contribution in [2.45, 2.75) is 26.2 Å². The quantitative estimate of drug-likeness (QED) is 0.833. The third-order valence-corrected chi connectivity index (χ3v) is 2.47. The molecular weight excluding hydrogens is 218 g/mol. The molecular formula is C12H15N3O2. The first-order valence-electron chi connectivity index (χ1n) is 5.36. The van der Waals surface area contributed by atoms with E-state index in [0.29, 0.717) is 17.0 Å². The minimum Gasteiger partial charge on any atom is -0.392 e. The van der Waals surface area contributed by atoms with Gasteiger partial charge in [0, 0.05) is 18.0 Å². The maximum absolute atomic E-state index is 9.99. The minimum atomic E-state index is -1.11. The first kappa shape index (κ1) is 11.8. The van der Waals surface area contributed by atoms with Crippen LogP contribution in [0.3, 0.4) is 0 Å². The van der Waals surface area contributed by atoms with Gasteiger partial charge in [-0.05, 0) is 26.0 Å². The molecule has 0 atom stereocenters. The fourth-order valence-electron chi connectivity index (χ4n) is 1.72. The van der Waals surface area contributed by atoms with Crippen molar-refractivity contribution in [3.63, 3.8) is 0 Å². The van der Waals surface area contributed by atoms with E-state index in [-0.39, 0.29) is 6.61 Å². The zero-order valence-corrected chi connectivity index (χ0v) is 9.83. The summed E-state index contributed by atoms with van der Waals surface area (Å²) in [5, 5.41) is 23.4. The van der Waals surface area contributed by atoms with Crippen molar-refractivity contribution in [2.75, 3.05) is 0 Å². The van der Waals surface area contributed by atoms with Crippen molar-refractivity contribution in [3.8, 4) is 11.4 Å². The normalized spacial score (nSPS) is 11.8. The Kier molecular flexibility index (Phi) is 2.95. The van der Waals surface area contributed by atoms with Crippen LogP contribution in [-0.2, 0) is 12.3 Å². The molecule has 2 aromatic rings. The van der Waals surface area contributed by atoms with Crippen LogP contribution in [0.1, 0.15) is 19.4 Å². The van der Waals surface area contributed by atoms with Gasteiger partial charge < -0.3 is 10.2 Å². The zero-order valence-electron chi connectivity index (χ0n) is 9.83. The van der Waals surface area contributed by atoms with Crippen LogP contribution in [0.5, 0.6) is 0 Å². The molecule has 0 aliphatic heterocycles. The van der Waals surface area contributed by atoms with Gasteiger partial charge in [0.1, 0.15) is 0 Å². The van der Waals surface area contributed by atoms with Crippen LogP contribution in [-0.4, -0.2) is 25.0 Å². The molecule has 17 heavy (non-hydrogen) atoms. The van der Waals surface area contributed by atoms with Crippen LogP contribution < -0.4 is 0 Å². The number of hydrogen-bond acceptors (Lipinski definition) is 4. The van der Waals surface area contributed by atoms with Gasteiger partial charge in [-0.25, -0.2) is 4.68 Å². The molecule has 2 rings (SSSR count). The van der Waals surface area contributed by atoms with Gasteiger partial charge >= 0.3 is 0 Å². The van der Waals surface area contributed by atoms with Crippen molar-refractivity contribution in [1.29, 1.82) is 0 Å². The second kappa shape index (κ2) is 4.27. The molecule has 0 aliphatic rings. The Bertz CT molecular complexity index is 514.